The standard InChI is InChI=1S/C23H27NO4/c1-13(26)16-11-21-6-7-23(16,27-3)20-22(21)8-9-24(2)17(21)10-14-4-5-15(12-25)19(28-20)18(14)22/h4-7,16-17,20,25H,8-12H2,1-3H3/t16-,17-,20-,21-,22+,23-/m1/s1. The van der Waals surface area contributed by atoms with Gasteiger partial charge in [-0.2, -0.15) is 0 Å². The summed E-state index contributed by atoms with van der Waals surface area (Å²) < 4.78 is 12.9. The highest BCUT2D eigenvalue weighted by molar-refractivity contribution is 5.82. The number of hydrogen-bond acceptors (Lipinski definition) is 5. The van der Waals surface area contributed by atoms with Gasteiger partial charge >= 0.3 is 0 Å². The number of piperidine rings is 1. The molecule has 6 atom stereocenters. The summed E-state index contributed by atoms with van der Waals surface area (Å²) in [6.45, 7) is 2.66. The van der Waals surface area contributed by atoms with Gasteiger partial charge in [-0.25, -0.2) is 0 Å². The van der Waals surface area contributed by atoms with Crippen LogP contribution in [0.3, 0.4) is 0 Å². The second kappa shape index (κ2) is 5.07. The first kappa shape index (κ1) is 17.2. The minimum absolute atomic E-state index is 0.0364. The number of fused-ring (bicyclic) bond motifs is 1. The highest BCUT2D eigenvalue weighted by atomic mass is 16.6. The van der Waals surface area contributed by atoms with Gasteiger partial charge in [0.15, 0.2) is 0 Å². The van der Waals surface area contributed by atoms with Crippen molar-refractivity contribution in [2.45, 2.75) is 56.0 Å². The van der Waals surface area contributed by atoms with Gasteiger partial charge in [0.2, 0.25) is 0 Å². The summed E-state index contributed by atoms with van der Waals surface area (Å²) in [5.74, 6) is 0.823. The molecule has 5 nitrogen and oxygen atoms in total. The monoisotopic (exact) mass is 381 g/mol. The number of ether oxygens (including phenoxy) is 2. The van der Waals surface area contributed by atoms with Gasteiger partial charge < -0.3 is 19.5 Å². The molecular weight excluding hydrogens is 354 g/mol. The van der Waals surface area contributed by atoms with Crippen molar-refractivity contribution >= 4 is 5.78 Å². The highest BCUT2D eigenvalue weighted by Gasteiger charge is 2.79. The molecule has 7 rings (SSSR count). The fourth-order valence-electron chi connectivity index (χ4n) is 7.71. The average Bonchev–Trinajstić information content (AvgIpc) is 3.07. The van der Waals surface area contributed by atoms with Gasteiger partial charge in [-0.1, -0.05) is 24.3 Å². The van der Waals surface area contributed by atoms with E-state index in [0.717, 1.165) is 37.1 Å². The summed E-state index contributed by atoms with van der Waals surface area (Å²) in [7, 11) is 3.93. The maximum Gasteiger partial charge on any atom is 0.143 e. The van der Waals surface area contributed by atoms with Gasteiger partial charge in [0.05, 0.1) is 17.9 Å². The molecule has 1 aromatic carbocycles. The summed E-state index contributed by atoms with van der Waals surface area (Å²) in [6.07, 6.45) is 7.05. The Kier molecular flexibility index (Phi) is 3.11. The van der Waals surface area contributed by atoms with Gasteiger partial charge in [0.1, 0.15) is 23.2 Å². The summed E-state index contributed by atoms with van der Waals surface area (Å²) >= 11 is 0. The molecule has 1 saturated carbocycles. The summed E-state index contributed by atoms with van der Waals surface area (Å²) in [4.78, 5) is 15.3. The van der Waals surface area contributed by atoms with Crippen LogP contribution < -0.4 is 4.74 Å². The number of benzene rings is 1. The minimum Gasteiger partial charge on any atom is -0.485 e. The van der Waals surface area contributed by atoms with Crippen molar-refractivity contribution < 1.29 is 19.4 Å². The molecule has 1 aromatic rings. The van der Waals surface area contributed by atoms with Crippen molar-refractivity contribution in [3.8, 4) is 5.75 Å². The summed E-state index contributed by atoms with van der Waals surface area (Å²) in [5, 5.41) is 9.99. The zero-order valence-corrected chi connectivity index (χ0v) is 16.7. The van der Waals surface area contributed by atoms with E-state index in [-0.39, 0.29) is 35.2 Å². The van der Waals surface area contributed by atoms with Crippen LogP contribution in [-0.4, -0.2) is 54.2 Å². The number of carbonyl (C=O) groups excluding carboxylic acids is 1. The fraction of sp³-hybridized carbons (Fsp3) is 0.609. The van der Waals surface area contributed by atoms with E-state index in [1.807, 2.05) is 6.07 Å². The number of aliphatic hydroxyl groups is 1. The molecule has 1 N–H and O–H groups in total. The Labute approximate surface area is 165 Å². The van der Waals surface area contributed by atoms with Gasteiger partial charge in [-0.3, -0.25) is 4.79 Å². The van der Waals surface area contributed by atoms with E-state index in [0.29, 0.717) is 6.04 Å². The molecule has 2 fully saturated rings. The first-order chi connectivity index (χ1) is 13.4. The van der Waals surface area contributed by atoms with Crippen molar-refractivity contribution in [3.63, 3.8) is 0 Å². The number of methoxy groups -OCH3 is 1. The van der Waals surface area contributed by atoms with Crippen molar-refractivity contribution in [1.82, 2.24) is 4.90 Å². The third kappa shape index (κ3) is 1.52. The minimum atomic E-state index is -0.742. The molecule has 1 saturated heterocycles. The van der Waals surface area contributed by atoms with Crippen molar-refractivity contribution in [1.29, 1.82) is 0 Å². The maximum absolute atomic E-state index is 12.8. The molecule has 4 bridgehead atoms. The van der Waals surface area contributed by atoms with Crippen LogP contribution in [0.15, 0.2) is 24.3 Å². The smallest absolute Gasteiger partial charge is 0.143 e. The number of Topliss-reactive ketones (excluding diaryl/α,β-unsaturated/α-hetero) is 1. The van der Waals surface area contributed by atoms with Gasteiger partial charge in [-0.15, -0.1) is 0 Å². The molecule has 0 radical (unpaired) electrons. The molecule has 28 heavy (non-hydrogen) atoms. The topological polar surface area (TPSA) is 59.0 Å². The number of carbonyl (C=O) groups is 1. The lowest BCUT2D eigenvalue weighted by Gasteiger charge is -2.70. The molecule has 6 aliphatic rings. The fourth-order valence-corrected chi connectivity index (χ4v) is 7.71. The van der Waals surface area contributed by atoms with Crippen LogP contribution >= 0.6 is 0 Å². The van der Waals surface area contributed by atoms with Crippen LogP contribution in [0.4, 0.5) is 0 Å². The first-order valence-electron chi connectivity index (χ1n) is 10.3. The second-order valence-electron chi connectivity index (χ2n) is 9.46. The zero-order valence-electron chi connectivity index (χ0n) is 16.7. The molecule has 0 aromatic heterocycles. The van der Waals surface area contributed by atoms with E-state index in [1.165, 1.54) is 11.1 Å². The molecule has 0 unspecified atom stereocenters. The number of nitrogens with zero attached hydrogens (tertiary/aromatic N) is 1. The molecule has 2 heterocycles. The highest BCUT2D eigenvalue weighted by Crippen LogP contribution is 2.74. The van der Waals surface area contributed by atoms with Gasteiger partial charge in [0.25, 0.3) is 0 Å². The van der Waals surface area contributed by atoms with Gasteiger partial charge in [-0.05, 0) is 45.3 Å². The van der Waals surface area contributed by atoms with Crippen LogP contribution in [0.25, 0.3) is 0 Å². The normalized spacial score (nSPS) is 44.4. The molecule has 4 aliphatic carbocycles. The Morgan fingerprint density at radius 3 is 2.93 bits per heavy atom. The van der Waals surface area contributed by atoms with E-state index >= 15 is 0 Å². The largest absolute Gasteiger partial charge is 0.485 e. The van der Waals surface area contributed by atoms with Crippen LogP contribution in [0, 0.1) is 11.3 Å². The predicted molar refractivity (Wildman–Crippen MR) is 103 cm³/mol. The van der Waals surface area contributed by atoms with Crippen LogP contribution in [0.5, 0.6) is 5.75 Å². The quantitative estimate of drug-likeness (QED) is 0.812. The van der Waals surface area contributed by atoms with Crippen LogP contribution in [0.2, 0.25) is 0 Å². The van der Waals surface area contributed by atoms with E-state index in [9.17, 15) is 9.90 Å². The number of hydrogen-bond donors (Lipinski definition) is 1. The second-order valence-corrected chi connectivity index (χ2v) is 9.46. The third-order valence-electron chi connectivity index (χ3n) is 8.84. The van der Waals surface area contributed by atoms with Crippen molar-refractivity contribution in [2.24, 2.45) is 11.3 Å². The van der Waals surface area contributed by atoms with Crippen molar-refractivity contribution in [2.75, 3.05) is 20.7 Å². The van der Waals surface area contributed by atoms with Crippen LogP contribution in [-0.2, 0) is 28.0 Å². The van der Waals surface area contributed by atoms with E-state index in [4.69, 9.17) is 9.47 Å². The Morgan fingerprint density at radius 2 is 2.21 bits per heavy atom. The SMILES string of the molecule is CO[C@]12C=C[C@@]3(C[C@@H]1C(C)=O)[C@H]1Cc4ccc(CO)c5c4[C@@]3(CCN1C)[C@H]2O5. The number of likely N-dealkylation sites (tertiary alicyclic amines) is 1. The summed E-state index contributed by atoms with van der Waals surface area (Å²) in [6, 6.07) is 4.54. The number of likely N-dealkylation sites (N-methyl/N-ethyl adjacent to an activating group) is 1. The summed E-state index contributed by atoms with van der Waals surface area (Å²) in [5.41, 5.74) is 2.42. The number of rotatable bonds is 3. The zero-order chi connectivity index (χ0) is 19.5. The maximum atomic E-state index is 12.8. The van der Waals surface area contributed by atoms with Gasteiger partial charge in [0, 0.05) is 29.7 Å². The average molecular weight is 381 g/mol. The third-order valence-corrected chi connectivity index (χ3v) is 8.84. The lowest BCUT2D eigenvalue weighted by molar-refractivity contribution is -0.212. The Morgan fingerprint density at radius 1 is 1.39 bits per heavy atom. The van der Waals surface area contributed by atoms with Crippen LogP contribution in [0.1, 0.15) is 36.5 Å². The molecule has 2 spiro atoms. The van der Waals surface area contributed by atoms with Crippen molar-refractivity contribution in [3.05, 3.63) is 41.0 Å². The molecule has 0 amide bonds. The first-order valence-corrected chi connectivity index (χ1v) is 10.3. The molecule has 5 heteroatoms. The molecule has 2 aliphatic heterocycles. The van der Waals surface area contributed by atoms with E-state index in [1.54, 1.807) is 14.0 Å². The number of ketones is 1. The molecule has 148 valence electrons. The predicted octanol–water partition coefficient (Wildman–Crippen LogP) is 1.99. The lowest BCUT2D eigenvalue weighted by Crippen LogP contribution is -2.79. The Bertz CT molecular complexity index is 941. The Balaban J connectivity index is 1.72. The molecular formula is C23H27NO4. The Hall–Kier alpha value is -1.69. The number of aliphatic hydroxyl groups excluding tert-OH is 1. The lowest BCUT2D eigenvalue weighted by atomic mass is 9.37. The van der Waals surface area contributed by atoms with E-state index < -0.39 is 5.60 Å². The van der Waals surface area contributed by atoms with E-state index in [2.05, 4.69) is 30.2 Å².